The second-order valence-electron chi connectivity index (χ2n) is 2.25. The summed E-state index contributed by atoms with van der Waals surface area (Å²) >= 11 is -1.62. The van der Waals surface area contributed by atoms with Gasteiger partial charge in [-0.25, -0.2) is 4.21 Å². The number of rotatable bonds is 4. The molecule has 0 bridgehead atoms. The van der Waals surface area contributed by atoms with E-state index >= 15 is 0 Å². The van der Waals surface area contributed by atoms with E-state index in [1.807, 2.05) is 0 Å². The van der Waals surface area contributed by atoms with Crippen LogP contribution in [0.5, 0.6) is 0 Å². The summed E-state index contributed by atoms with van der Waals surface area (Å²) in [4.78, 5) is 0. The molecule has 54 valence electrons. The van der Waals surface area contributed by atoms with Crippen LogP contribution in [0.3, 0.4) is 0 Å². The van der Waals surface area contributed by atoms with Crippen molar-refractivity contribution in [3.8, 4) is 0 Å². The summed E-state index contributed by atoms with van der Waals surface area (Å²) in [7, 11) is 0. The molecule has 9 heavy (non-hydrogen) atoms. The van der Waals surface area contributed by atoms with Gasteiger partial charge in [0.25, 0.3) is 0 Å². The van der Waals surface area contributed by atoms with Gasteiger partial charge in [-0.05, 0) is 12.8 Å². The maximum Gasteiger partial charge on any atom is 0.154 e. The first kappa shape index (κ1) is 7.18. The fourth-order valence-corrected chi connectivity index (χ4v) is 0.930. The molecule has 0 aliphatic heterocycles. The van der Waals surface area contributed by atoms with E-state index in [0.717, 1.165) is 0 Å². The van der Waals surface area contributed by atoms with Gasteiger partial charge in [0.2, 0.25) is 0 Å². The summed E-state index contributed by atoms with van der Waals surface area (Å²) in [5, 5.41) is 3.13. The zero-order valence-electron chi connectivity index (χ0n) is 5.17. The average molecular weight is 149 g/mol. The first-order valence-corrected chi connectivity index (χ1v) is 4.37. The van der Waals surface area contributed by atoms with E-state index in [9.17, 15) is 4.21 Å². The van der Waals surface area contributed by atoms with Crippen LogP contribution in [0.2, 0.25) is 0 Å². The normalized spacial score (nSPS) is 21.9. The molecule has 0 saturated heterocycles. The molecule has 0 radical (unpaired) electrons. The summed E-state index contributed by atoms with van der Waals surface area (Å²) in [6, 6.07) is 0.647. The van der Waals surface area contributed by atoms with Gasteiger partial charge in [0.05, 0.1) is 5.75 Å². The van der Waals surface area contributed by atoms with Crippen molar-refractivity contribution in [2.45, 2.75) is 18.9 Å². The van der Waals surface area contributed by atoms with Crippen molar-refractivity contribution in [3.63, 3.8) is 0 Å². The van der Waals surface area contributed by atoms with E-state index in [2.05, 4.69) is 5.32 Å². The van der Waals surface area contributed by atoms with Crippen molar-refractivity contribution >= 4 is 11.1 Å². The number of hydrogen-bond acceptors (Lipinski definition) is 2. The van der Waals surface area contributed by atoms with Gasteiger partial charge in [0, 0.05) is 12.6 Å². The second-order valence-corrected chi connectivity index (χ2v) is 3.31. The largest absolute Gasteiger partial charge is 0.313 e. The third-order valence-electron chi connectivity index (χ3n) is 1.29. The van der Waals surface area contributed by atoms with Crippen LogP contribution < -0.4 is 5.32 Å². The van der Waals surface area contributed by atoms with Gasteiger partial charge in [0.1, 0.15) is 0 Å². The number of nitrogens with one attached hydrogen (secondary N) is 1. The molecule has 1 fully saturated rings. The van der Waals surface area contributed by atoms with E-state index < -0.39 is 11.1 Å². The van der Waals surface area contributed by atoms with Crippen molar-refractivity contribution in [2.75, 3.05) is 12.3 Å². The summed E-state index contributed by atoms with van der Waals surface area (Å²) in [6.45, 7) is 0.674. The minimum atomic E-state index is -1.62. The van der Waals surface area contributed by atoms with Gasteiger partial charge in [-0.3, -0.25) is 0 Å². The van der Waals surface area contributed by atoms with E-state index in [0.29, 0.717) is 18.3 Å². The van der Waals surface area contributed by atoms with E-state index in [1.165, 1.54) is 12.8 Å². The highest BCUT2D eigenvalue weighted by molar-refractivity contribution is 7.79. The highest BCUT2D eigenvalue weighted by atomic mass is 32.2. The topological polar surface area (TPSA) is 49.3 Å². The Morgan fingerprint density at radius 1 is 1.67 bits per heavy atom. The first-order chi connectivity index (χ1) is 4.29. The minimum absolute atomic E-state index is 0.358. The highest BCUT2D eigenvalue weighted by Gasteiger charge is 2.19. The zero-order chi connectivity index (χ0) is 6.69. The van der Waals surface area contributed by atoms with Crippen molar-refractivity contribution in [1.29, 1.82) is 0 Å². The van der Waals surface area contributed by atoms with Crippen LogP contribution in [0, 0.1) is 0 Å². The molecule has 2 N–H and O–H groups in total. The Morgan fingerprint density at radius 2 is 2.33 bits per heavy atom. The Hall–Kier alpha value is 0.0700. The van der Waals surface area contributed by atoms with E-state index in [-0.39, 0.29) is 0 Å². The Labute approximate surface area is 57.1 Å². The lowest BCUT2D eigenvalue weighted by Gasteiger charge is -1.96. The van der Waals surface area contributed by atoms with Gasteiger partial charge in [-0.15, -0.1) is 0 Å². The molecule has 1 atom stereocenters. The fourth-order valence-electron chi connectivity index (χ4n) is 0.638. The molecule has 0 aromatic heterocycles. The molecule has 3 nitrogen and oxygen atoms in total. The molecule has 4 heteroatoms. The van der Waals surface area contributed by atoms with E-state index in [1.54, 1.807) is 0 Å². The number of hydrogen-bond donors (Lipinski definition) is 2. The second kappa shape index (κ2) is 3.29. The minimum Gasteiger partial charge on any atom is -0.313 e. The third-order valence-corrected chi connectivity index (χ3v) is 1.84. The summed E-state index contributed by atoms with van der Waals surface area (Å²) in [5.74, 6) is 0.358. The Morgan fingerprint density at radius 3 is 2.78 bits per heavy atom. The summed E-state index contributed by atoms with van der Waals surface area (Å²) in [5.41, 5.74) is 0. The maximum absolute atomic E-state index is 10.1. The van der Waals surface area contributed by atoms with Crippen molar-refractivity contribution < 1.29 is 8.76 Å². The predicted octanol–water partition coefficient (Wildman–Crippen LogP) is -0.0399. The lowest BCUT2D eigenvalue weighted by Crippen LogP contribution is -2.21. The average Bonchev–Trinajstić information content (AvgIpc) is 2.48. The molecule has 1 unspecified atom stereocenters. The fraction of sp³-hybridized carbons (Fsp3) is 1.00. The van der Waals surface area contributed by atoms with E-state index in [4.69, 9.17) is 4.55 Å². The highest BCUT2D eigenvalue weighted by Crippen LogP contribution is 2.17. The maximum atomic E-state index is 10.1. The van der Waals surface area contributed by atoms with Gasteiger partial charge >= 0.3 is 0 Å². The molecule has 0 aromatic carbocycles. The lowest BCUT2D eigenvalue weighted by molar-refractivity contribution is 0.559. The predicted molar refractivity (Wildman–Crippen MR) is 36.7 cm³/mol. The summed E-state index contributed by atoms with van der Waals surface area (Å²) < 4.78 is 18.4. The van der Waals surface area contributed by atoms with Crippen molar-refractivity contribution in [3.05, 3.63) is 0 Å². The first-order valence-electron chi connectivity index (χ1n) is 3.10. The molecule has 0 aromatic rings. The van der Waals surface area contributed by atoms with Gasteiger partial charge in [0.15, 0.2) is 11.1 Å². The van der Waals surface area contributed by atoms with Crippen molar-refractivity contribution in [1.82, 2.24) is 5.32 Å². The van der Waals surface area contributed by atoms with Gasteiger partial charge in [-0.1, -0.05) is 0 Å². The molecular weight excluding hydrogens is 138 g/mol. The van der Waals surface area contributed by atoms with Gasteiger partial charge < -0.3 is 9.87 Å². The Balaban J connectivity index is 1.86. The smallest absolute Gasteiger partial charge is 0.154 e. The Bertz CT molecular complexity index is 114. The van der Waals surface area contributed by atoms with Crippen LogP contribution >= 0.6 is 0 Å². The SMILES string of the molecule is O=S(O)CCNC1CC1. The van der Waals surface area contributed by atoms with Crippen LogP contribution in [0.25, 0.3) is 0 Å². The molecule has 1 rings (SSSR count). The standard InChI is InChI=1S/C5H11NO2S/c7-9(8)4-3-6-5-1-2-5/h5-6H,1-4H2,(H,7,8). The van der Waals surface area contributed by atoms with Crippen LogP contribution in [0.15, 0.2) is 0 Å². The third kappa shape index (κ3) is 3.61. The quantitative estimate of drug-likeness (QED) is 0.551. The van der Waals surface area contributed by atoms with Crippen LogP contribution in [-0.4, -0.2) is 27.1 Å². The van der Waals surface area contributed by atoms with Crippen molar-refractivity contribution in [2.24, 2.45) is 0 Å². The zero-order valence-corrected chi connectivity index (χ0v) is 5.99. The van der Waals surface area contributed by atoms with Crippen LogP contribution in [0.1, 0.15) is 12.8 Å². The molecule has 0 spiro atoms. The molecule has 0 amide bonds. The molecule has 1 aliphatic carbocycles. The van der Waals surface area contributed by atoms with Gasteiger partial charge in [-0.2, -0.15) is 0 Å². The molecule has 1 saturated carbocycles. The molecular formula is C5H11NO2S. The lowest BCUT2D eigenvalue weighted by atomic mass is 10.6. The molecule has 1 aliphatic rings. The van der Waals surface area contributed by atoms with Crippen LogP contribution in [0.4, 0.5) is 0 Å². The summed E-state index contributed by atoms with van der Waals surface area (Å²) in [6.07, 6.45) is 2.47. The Kier molecular flexibility index (Phi) is 2.63. The monoisotopic (exact) mass is 149 g/mol. The van der Waals surface area contributed by atoms with Crippen LogP contribution in [-0.2, 0) is 11.1 Å². The molecule has 0 heterocycles.